The summed E-state index contributed by atoms with van der Waals surface area (Å²) < 4.78 is 0. The van der Waals surface area contributed by atoms with Gasteiger partial charge < -0.3 is 21.4 Å². The summed E-state index contributed by atoms with van der Waals surface area (Å²) in [5.41, 5.74) is 10.7. The van der Waals surface area contributed by atoms with Crippen LogP contribution in [0, 0.1) is 5.41 Å². The summed E-state index contributed by atoms with van der Waals surface area (Å²) >= 11 is 0. The van der Waals surface area contributed by atoms with Crippen LogP contribution in [0.5, 0.6) is 0 Å². The van der Waals surface area contributed by atoms with Crippen LogP contribution >= 0.6 is 0 Å². The fourth-order valence-electron chi connectivity index (χ4n) is 2.67. The molecule has 1 aliphatic rings. The number of carbonyl (C=O) groups excluding carboxylic acids is 1. The van der Waals surface area contributed by atoms with Crippen molar-refractivity contribution in [3.8, 4) is 0 Å². The molecule has 0 atom stereocenters. The Morgan fingerprint density at radius 2 is 1.76 bits per heavy atom. The Balaban J connectivity index is 0.000000181. The fraction of sp³-hybridized carbons (Fsp3) is 0.200. The molecule has 0 radical (unpaired) electrons. The van der Waals surface area contributed by atoms with E-state index in [9.17, 15) is 4.79 Å². The van der Waals surface area contributed by atoms with Crippen molar-refractivity contribution in [2.24, 2.45) is 5.73 Å². The van der Waals surface area contributed by atoms with Crippen molar-refractivity contribution in [1.82, 2.24) is 10.2 Å². The number of carbonyl (C=O) groups is 1. The second-order valence-electron chi connectivity index (χ2n) is 5.68. The molecule has 2 aromatic rings. The van der Waals surface area contributed by atoms with Gasteiger partial charge in [-0.15, -0.1) is 0 Å². The number of benzene rings is 2. The monoisotopic (exact) mass is 336 g/mol. The number of nitrogens with zero attached hydrogens (tertiary/aromatic N) is 1. The highest BCUT2D eigenvalue weighted by atomic mass is 16.1. The normalized spacial score (nSPS) is 13.6. The van der Waals surface area contributed by atoms with Gasteiger partial charge in [0.25, 0.3) is 0 Å². The van der Waals surface area contributed by atoms with Gasteiger partial charge in [0.2, 0.25) is 6.41 Å². The van der Waals surface area contributed by atoms with E-state index in [2.05, 4.69) is 23.5 Å². The van der Waals surface area contributed by atoms with Crippen molar-refractivity contribution < 1.29 is 4.79 Å². The summed E-state index contributed by atoms with van der Waals surface area (Å²) in [6, 6.07) is 17.9. The summed E-state index contributed by atoms with van der Waals surface area (Å²) in [4.78, 5) is 12.3. The van der Waals surface area contributed by atoms with Crippen molar-refractivity contribution >= 4 is 18.3 Å². The molecule has 0 spiro atoms. The van der Waals surface area contributed by atoms with Crippen LogP contribution in [-0.2, 0) is 17.8 Å². The molecule has 3 rings (SSSR count). The Morgan fingerprint density at radius 1 is 1.12 bits per heavy atom. The predicted molar refractivity (Wildman–Crippen MR) is 102 cm³/mol. The van der Waals surface area contributed by atoms with Gasteiger partial charge in [-0.05, 0) is 23.1 Å². The zero-order valence-corrected chi connectivity index (χ0v) is 14.4. The maximum Gasteiger partial charge on any atom is 0.210 e. The SMILES string of the molecule is CN/C(C=N)=C(/N)c1ccccc1.O=CN1CCc2ccccc2C1. The van der Waals surface area contributed by atoms with Crippen molar-refractivity contribution in [2.45, 2.75) is 13.0 Å². The highest BCUT2D eigenvalue weighted by Gasteiger charge is 2.12. The predicted octanol–water partition coefficient (Wildman–Crippen LogP) is 2.38. The van der Waals surface area contributed by atoms with E-state index in [-0.39, 0.29) is 0 Å². The third kappa shape index (κ3) is 4.94. The van der Waals surface area contributed by atoms with Gasteiger partial charge in [0.1, 0.15) is 0 Å². The lowest BCUT2D eigenvalue weighted by Gasteiger charge is -2.24. The molecule has 0 aromatic heterocycles. The van der Waals surface area contributed by atoms with Gasteiger partial charge in [-0.1, -0.05) is 54.6 Å². The summed E-state index contributed by atoms with van der Waals surface area (Å²) in [6.45, 7) is 1.64. The van der Waals surface area contributed by atoms with Crippen LogP contribution in [0.15, 0.2) is 60.3 Å². The maximum atomic E-state index is 10.5. The lowest BCUT2D eigenvalue weighted by atomic mass is 10.0. The standard InChI is InChI=1S/C10H13N3.C10H11NO/c1-13-9(7-11)10(12)8-5-3-2-4-6-8;12-8-11-6-5-9-3-1-2-4-10(9)7-11/h2-7,11,13H,12H2,1H3;1-4,8H,5-7H2/b10-9+,11-7?;. The highest BCUT2D eigenvalue weighted by Crippen LogP contribution is 2.16. The molecule has 4 N–H and O–H groups in total. The Morgan fingerprint density at radius 3 is 2.36 bits per heavy atom. The lowest BCUT2D eigenvalue weighted by molar-refractivity contribution is -0.118. The molecule has 0 unspecified atom stereocenters. The third-order valence-corrected chi connectivity index (χ3v) is 4.10. The molecule has 5 heteroatoms. The largest absolute Gasteiger partial charge is 0.397 e. The minimum Gasteiger partial charge on any atom is -0.397 e. The van der Waals surface area contributed by atoms with Gasteiger partial charge in [-0.25, -0.2) is 0 Å². The average Bonchev–Trinajstić information content (AvgIpc) is 2.69. The molecule has 0 aliphatic carbocycles. The van der Waals surface area contributed by atoms with E-state index in [1.54, 1.807) is 7.05 Å². The van der Waals surface area contributed by atoms with Gasteiger partial charge in [-0.3, -0.25) is 4.79 Å². The highest BCUT2D eigenvalue weighted by molar-refractivity contribution is 5.87. The first-order valence-electron chi connectivity index (χ1n) is 8.19. The summed E-state index contributed by atoms with van der Waals surface area (Å²) in [5, 5.41) is 9.98. The first kappa shape index (κ1) is 18.3. The van der Waals surface area contributed by atoms with E-state index in [1.807, 2.05) is 41.3 Å². The van der Waals surface area contributed by atoms with Gasteiger partial charge in [0, 0.05) is 26.4 Å². The fourth-order valence-corrected chi connectivity index (χ4v) is 2.67. The van der Waals surface area contributed by atoms with Crippen LogP contribution < -0.4 is 11.1 Å². The second-order valence-corrected chi connectivity index (χ2v) is 5.68. The van der Waals surface area contributed by atoms with Crippen LogP contribution in [0.4, 0.5) is 0 Å². The van der Waals surface area contributed by atoms with Gasteiger partial charge >= 0.3 is 0 Å². The second kappa shape index (κ2) is 9.27. The quantitative estimate of drug-likeness (QED) is 0.592. The first-order valence-corrected chi connectivity index (χ1v) is 8.19. The van der Waals surface area contributed by atoms with Gasteiger partial charge in [-0.2, -0.15) is 0 Å². The van der Waals surface area contributed by atoms with Crippen LogP contribution in [0.3, 0.4) is 0 Å². The number of nitrogens with two attached hydrogens (primary N) is 1. The van der Waals surface area contributed by atoms with Gasteiger partial charge in [0.15, 0.2) is 0 Å². The maximum absolute atomic E-state index is 10.5. The van der Waals surface area contributed by atoms with E-state index in [1.165, 1.54) is 17.3 Å². The molecule has 1 aliphatic heterocycles. The van der Waals surface area contributed by atoms with E-state index in [0.717, 1.165) is 31.5 Å². The number of hydrogen-bond donors (Lipinski definition) is 3. The molecule has 1 amide bonds. The van der Waals surface area contributed by atoms with Crippen molar-refractivity contribution in [1.29, 1.82) is 5.41 Å². The van der Waals surface area contributed by atoms with E-state index in [4.69, 9.17) is 11.1 Å². The van der Waals surface area contributed by atoms with Crippen LogP contribution in [0.1, 0.15) is 16.7 Å². The summed E-state index contributed by atoms with van der Waals surface area (Å²) in [6.07, 6.45) is 3.13. The van der Waals surface area contributed by atoms with Crippen molar-refractivity contribution in [3.05, 3.63) is 77.0 Å². The molecule has 0 saturated heterocycles. The Hall–Kier alpha value is -3.08. The number of fused-ring (bicyclic) bond motifs is 1. The zero-order valence-electron chi connectivity index (χ0n) is 14.4. The number of amides is 1. The summed E-state index contributed by atoms with van der Waals surface area (Å²) in [5.74, 6) is 0. The van der Waals surface area contributed by atoms with E-state index < -0.39 is 0 Å². The van der Waals surface area contributed by atoms with E-state index in [0.29, 0.717) is 11.4 Å². The average molecular weight is 336 g/mol. The minimum absolute atomic E-state index is 0.595. The Labute approximate surface area is 148 Å². The molecule has 0 saturated carbocycles. The topological polar surface area (TPSA) is 82.2 Å². The number of allylic oxidation sites excluding steroid dienone is 1. The van der Waals surface area contributed by atoms with E-state index >= 15 is 0 Å². The molecular formula is C20H24N4O. The molecule has 2 aromatic carbocycles. The minimum atomic E-state index is 0.595. The molecule has 0 fully saturated rings. The molecule has 5 nitrogen and oxygen atoms in total. The molecule has 25 heavy (non-hydrogen) atoms. The van der Waals surface area contributed by atoms with Crippen LogP contribution in [0.2, 0.25) is 0 Å². The molecular weight excluding hydrogens is 312 g/mol. The number of hydrogen-bond acceptors (Lipinski definition) is 4. The molecule has 0 bridgehead atoms. The van der Waals surface area contributed by atoms with Crippen molar-refractivity contribution in [3.63, 3.8) is 0 Å². The third-order valence-electron chi connectivity index (χ3n) is 4.10. The Bertz CT molecular complexity index is 740. The van der Waals surface area contributed by atoms with Crippen LogP contribution in [-0.4, -0.2) is 31.1 Å². The zero-order chi connectivity index (χ0) is 18.1. The van der Waals surface area contributed by atoms with Gasteiger partial charge in [0.05, 0.1) is 11.4 Å². The molecule has 1 heterocycles. The lowest BCUT2D eigenvalue weighted by Crippen LogP contribution is -2.28. The van der Waals surface area contributed by atoms with Crippen LogP contribution in [0.25, 0.3) is 5.70 Å². The molecule has 130 valence electrons. The Kier molecular flexibility index (Phi) is 6.77. The first-order chi connectivity index (χ1) is 12.2. The number of nitrogens with one attached hydrogen (secondary N) is 2. The van der Waals surface area contributed by atoms with Crippen molar-refractivity contribution in [2.75, 3.05) is 13.6 Å². The summed E-state index contributed by atoms with van der Waals surface area (Å²) in [7, 11) is 1.75. The smallest absolute Gasteiger partial charge is 0.210 e. The number of rotatable bonds is 4.